The summed E-state index contributed by atoms with van der Waals surface area (Å²) in [7, 11) is 0. The fraction of sp³-hybridized carbons (Fsp3) is 0.0909. The van der Waals surface area contributed by atoms with Crippen LogP contribution in [0, 0.1) is 6.92 Å². The Kier molecular flexibility index (Phi) is 4.01. The van der Waals surface area contributed by atoms with Gasteiger partial charge < -0.3 is 10.6 Å². The Hall–Kier alpha value is -3.40. The number of hydrogen-bond acceptors (Lipinski definition) is 2. The lowest BCUT2D eigenvalue weighted by atomic mass is 9.95. The monoisotopic (exact) mass is 342 g/mol. The largest absolute Gasteiger partial charge is 0.348 e. The average Bonchev–Trinajstić information content (AvgIpc) is 3.06. The van der Waals surface area contributed by atoms with E-state index < -0.39 is 0 Å². The highest BCUT2D eigenvalue weighted by molar-refractivity contribution is 6.11. The number of aryl methyl sites for hydroxylation is 1. The fourth-order valence-electron chi connectivity index (χ4n) is 3.24. The van der Waals surface area contributed by atoms with Crippen molar-refractivity contribution in [1.29, 1.82) is 0 Å². The molecular formula is C22H18N2O2. The first-order valence-corrected chi connectivity index (χ1v) is 8.51. The van der Waals surface area contributed by atoms with Crippen LogP contribution in [-0.4, -0.2) is 11.8 Å². The molecule has 0 aliphatic carbocycles. The van der Waals surface area contributed by atoms with E-state index in [1.807, 2.05) is 31.2 Å². The summed E-state index contributed by atoms with van der Waals surface area (Å²) in [5.74, 6) is -0.382. The Bertz CT molecular complexity index is 993. The van der Waals surface area contributed by atoms with Gasteiger partial charge in [-0.25, -0.2) is 0 Å². The van der Waals surface area contributed by atoms with Crippen LogP contribution in [0.3, 0.4) is 0 Å². The molecule has 128 valence electrons. The van der Waals surface area contributed by atoms with Crippen molar-refractivity contribution in [2.24, 2.45) is 0 Å². The molecule has 0 aromatic heterocycles. The van der Waals surface area contributed by atoms with E-state index in [-0.39, 0.29) is 11.8 Å². The van der Waals surface area contributed by atoms with Crippen molar-refractivity contribution >= 4 is 17.5 Å². The van der Waals surface area contributed by atoms with Crippen molar-refractivity contribution in [3.63, 3.8) is 0 Å². The summed E-state index contributed by atoms with van der Waals surface area (Å²) in [6.07, 6.45) is 0. The zero-order valence-corrected chi connectivity index (χ0v) is 14.4. The van der Waals surface area contributed by atoms with E-state index in [9.17, 15) is 9.59 Å². The zero-order chi connectivity index (χ0) is 18.1. The van der Waals surface area contributed by atoms with E-state index in [1.54, 1.807) is 18.2 Å². The summed E-state index contributed by atoms with van der Waals surface area (Å²) >= 11 is 0. The van der Waals surface area contributed by atoms with Gasteiger partial charge in [-0.1, -0.05) is 54.1 Å². The second kappa shape index (κ2) is 6.48. The number of rotatable bonds is 3. The van der Waals surface area contributed by atoms with E-state index in [0.717, 1.165) is 16.7 Å². The predicted molar refractivity (Wildman–Crippen MR) is 102 cm³/mol. The molecule has 0 spiro atoms. The SMILES string of the molecule is Cc1ccc(-c2ccc(NC(=O)c3ccccc3)c3c2CNC3=O)cc1. The molecule has 4 nitrogen and oxygen atoms in total. The average molecular weight is 342 g/mol. The smallest absolute Gasteiger partial charge is 0.255 e. The van der Waals surface area contributed by atoms with Crippen molar-refractivity contribution in [3.8, 4) is 11.1 Å². The molecule has 4 heteroatoms. The maximum absolute atomic E-state index is 12.5. The number of benzene rings is 3. The third-order valence-corrected chi connectivity index (χ3v) is 4.61. The molecule has 2 N–H and O–H groups in total. The molecule has 0 bridgehead atoms. The minimum Gasteiger partial charge on any atom is -0.348 e. The summed E-state index contributed by atoms with van der Waals surface area (Å²) in [5.41, 5.74) is 5.82. The maximum atomic E-state index is 12.5. The van der Waals surface area contributed by atoms with Gasteiger partial charge in [0.05, 0.1) is 11.3 Å². The van der Waals surface area contributed by atoms with Crippen molar-refractivity contribution in [3.05, 3.63) is 89.0 Å². The highest BCUT2D eigenvalue weighted by Crippen LogP contribution is 2.34. The highest BCUT2D eigenvalue weighted by atomic mass is 16.2. The first-order valence-electron chi connectivity index (χ1n) is 8.51. The molecule has 2 amide bonds. The zero-order valence-electron chi connectivity index (χ0n) is 14.4. The van der Waals surface area contributed by atoms with Gasteiger partial charge in [-0.15, -0.1) is 0 Å². The molecule has 0 unspecified atom stereocenters. The van der Waals surface area contributed by atoms with Crippen molar-refractivity contribution in [2.45, 2.75) is 13.5 Å². The van der Waals surface area contributed by atoms with E-state index in [0.29, 0.717) is 23.4 Å². The third kappa shape index (κ3) is 2.86. The molecular weight excluding hydrogens is 324 g/mol. The number of carbonyl (C=O) groups is 2. The second-order valence-corrected chi connectivity index (χ2v) is 6.38. The normalized spacial score (nSPS) is 12.4. The van der Waals surface area contributed by atoms with Crippen molar-refractivity contribution in [2.75, 3.05) is 5.32 Å². The Morgan fingerprint density at radius 3 is 2.42 bits per heavy atom. The van der Waals surface area contributed by atoms with Gasteiger partial charge >= 0.3 is 0 Å². The molecule has 0 atom stereocenters. The molecule has 1 aliphatic heterocycles. The van der Waals surface area contributed by atoms with Gasteiger partial charge in [0.2, 0.25) is 0 Å². The summed E-state index contributed by atoms with van der Waals surface area (Å²) in [6, 6.07) is 21.0. The number of fused-ring (bicyclic) bond motifs is 1. The Morgan fingerprint density at radius 1 is 0.962 bits per heavy atom. The Labute approximate surface area is 151 Å². The van der Waals surface area contributed by atoms with Gasteiger partial charge in [0.25, 0.3) is 11.8 Å². The number of amides is 2. The van der Waals surface area contributed by atoms with Gasteiger partial charge in [0.1, 0.15) is 0 Å². The van der Waals surface area contributed by atoms with E-state index >= 15 is 0 Å². The quantitative estimate of drug-likeness (QED) is 0.751. The van der Waals surface area contributed by atoms with Crippen LogP contribution in [0.5, 0.6) is 0 Å². The minimum absolute atomic E-state index is 0.155. The van der Waals surface area contributed by atoms with E-state index in [4.69, 9.17) is 0 Å². The van der Waals surface area contributed by atoms with E-state index in [1.165, 1.54) is 5.56 Å². The van der Waals surface area contributed by atoms with Crippen molar-refractivity contribution < 1.29 is 9.59 Å². The summed E-state index contributed by atoms with van der Waals surface area (Å²) in [5, 5.41) is 5.75. The van der Waals surface area contributed by atoms with Gasteiger partial charge in [-0.05, 0) is 41.8 Å². The van der Waals surface area contributed by atoms with Crippen LogP contribution in [0.15, 0.2) is 66.7 Å². The molecule has 1 aliphatic rings. The standard InChI is InChI=1S/C22H18N2O2/c1-14-7-9-15(10-8-14)17-11-12-19(20-18(17)13-23-22(20)26)24-21(25)16-5-3-2-4-6-16/h2-12H,13H2,1H3,(H,23,26)(H,24,25). The lowest BCUT2D eigenvalue weighted by Gasteiger charge is -2.13. The molecule has 0 radical (unpaired) electrons. The number of carbonyl (C=O) groups excluding carboxylic acids is 2. The lowest BCUT2D eigenvalue weighted by Crippen LogP contribution is -2.17. The topological polar surface area (TPSA) is 58.2 Å². The maximum Gasteiger partial charge on any atom is 0.255 e. The summed E-state index contributed by atoms with van der Waals surface area (Å²) < 4.78 is 0. The van der Waals surface area contributed by atoms with Crippen LogP contribution < -0.4 is 10.6 Å². The van der Waals surface area contributed by atoms with Crippen LogP contribution in [0.25, 0.3) is 11.1 Å². The number of anilines is 1. The molecule has 0 saturated carbocycles. The highest BCUT2D eigenvalue weighted by Gasteiger charge is 2.26. The second-order valence-electron chi connectivity index (χ2n) is 6.38. The van der Waals surface area contributed by atoms with Crippen LogP contribution in [0.4, 0.5) is 5.69 Å². The molecule has 1 heterocycles. The molecule has 0 saturated heterocycles. The summed E-state index contributed by atoms with van der Waals surface area (Å²) in [4.78, 5) is 24.8. The minimum atomic E-state index is -0.226. The van der Waals surface area contributed by atoms with E-state index in [2.05, 4.69) is 34.9 Å². The molecule has 26 heavy (non-hydrogen) atoms. The predicted octanol–water partition coefficient (Wildman–Crippen LogP) is 4.16. The van der Waals surface area contributed by atoms with Crippen LogP contribution in [-0.2, 0) is 6.54 Å². The van der Waals surface area contributed by atoms with Gasteiger partial charge in [-0.3, -0.25) is 9.59 Å². The Morgan fingerprint density at radius 2 is 1.69 bits per heavy atom. The first kappa shape index (κ1) is 16.1. The fourth-order valence-corrected chi connectivity index (χ4v) is 3.24. The van der Waals surface area contributed by atoms with Crippen LogP contribution in [0.1, 0.15) is 31.8 Å². The van der Waals surface area contributed by atoms with Gasteiger partial charge in [0, 0.05) is 12.1 Å². The van der Waals surface area contributed by atoms with Gasteiger partial charge in [0.15, 0.2) is 0 Å². The lowest BCUT2D eigenvalue weighted by molar-refractivity contribution is 0.0966. The van der Waals surface area contributed by atoms with Crippen LogP contribution in [0.2, 0.25) is 0 Å². The third-order valence-electron chi connectivity index (χ3n) is 4.61. The number of nitrogens with one attached hydrogen (secondary N) is 2. The van der Waals surface area contributed by atoms with Crippen molar-refractivity contribution in [1.82, 2.24) is 5.32 Å². The first-order chi connectivity index (χ1) is 12.6. The summed E-state index contributed by atoms with van der Waals surface area (Å²) in [6.45, 7) is 2.51. The molecule has 3 aromatic rings. The number of hydrogen-bond donors (Lipinski definition) is 2. The molecule has 4 rings (SSSR count). The molecule has 3 aromatic carbocycles. The van der Waals surface area contributed by atoms with Crippen LogP contribution >= 0.6 is 0 Å². The Balaban J connectivity index is 1.74. The molecule has 0 fully saturated rings. The van der Waals surface area contributed by atoms with Gasteiger partial charge in [-0.2, -0.15) is 0 Å².